The standard InChI is InChI=1S/C45H26N4O2/c1-3-12-27(13-4-1)43-46-44(28-14-5-2-6-15-28)48-45(47-43)29-22-23-32-39(26-29)51-37-21-11-19-34(40(32)37)49-33-18-9-7-16-30(33)41-35(49)24-25-38-42(41)31-17-8-10-20-36(31)50-38/h1-26H/i7D,8D,18D,20D,24D,25D. The molecule has 0 amide bonds. The topological polar surface area (TPSA) is 69.9 Å². The summed E-state index contributed by atoms with van der Waals surface area (Å²) >= 11 is 0. The van der Waals surface area contributed by atoms with Gasteiger partial charge in [0.15, 0.2) is 17.5 Å². The van der Waals surface area contributed by atoms with Crippen molar-refractivity contribution in [2.75, 3.05) is 0 Å². The van der Waals surface area contributed by atoms with Crippen LogP contribution in [0.1, 0.15) is 8.22 Å². The SMILES string of the molecule is [2H]c1cc([2H])c2oc3c([2H])c([2H])c4c(c5cc([2H])cc([2H])c5n4-c4cccc5oc6cc(-c7nc(-c8ccccc8)nc(-c8ccccc8)n7)ccc6c45)c3c2c1. The Hall–Kier alpha value is -7.05. The van der Waals surface area contributed by atoms with Crippen molar-refractivity contribution in [1.82, 2.24) is 19.5 Å². The van der Waals surface area contributed by atoms with Crippen molar-refractivity contribution in [1.29, 1.82) is 0 Å². The van der Waals surface area contributed by atoms with Gasteiger partial charge in [0.25, 0.3) is 0 Å². The normalized spacial score (nSPS) is 13.6. The van der Waals surface area contributed by atoms with Crippen LogP contribution in [-0.4, -0.2) is 19.5 Å². The first kappa shape index (κ1) is 22.6. The Morgan fingerprint density at radius 1 is 0.431 bits per heavy atom. The Kier molecular flexibility index (Phi) is 4.74. The summed E-state index contributed by atoms with van der Waals surface area (Å²) in [5, 5.41) is 3.46. The van der Waals surface area contributed by atoms with Gasteiger partial charge in [-0.3, -0.25) is 0 Å². The summed E-state index contributed by atoms with van der Waals surface area (Å²) < 4.78 is 67.8. The second kappa shape index (κ2) is 10.7. The Bertz CT molecular complexity index is 3430. The van der Waals surface area contributed by atoms with E-state index in [0.29, 0.717) is 66.9 Å². The fraction of sp³-hybridized carbons (Fsp3) is 0. The molecule has 0 saturated carbocycles. The molecule has 238 valence electrons. The van der Waals surface area contributed by atoms with Crippen molar-refractivity contribution < 1.29 is 17.1 Å². The molecule has 0 radical (unpaired) electrons. The molecule has 51 heavy (non-hydrogen) atoms. The van der Waals surface area contributed by atoms with Gasteiger partial charge >= 0.3 is 0 Å². The van der Waals surface area contributed by atoms with Crippen LogP contribution in [0.3, 0.4) is 0 Å². The Balaban J connectivity index is 1.19. The molecule has 0 aliphatic carbocycles. The second-order valence-electron chi connectivity index (χ2n) is 12.3. The van der Waals surface area contributed by atoms with Gasteiger partial charge in [-0.1, -0.05) is 109 Å². The summed E-state index contributed by atoms with van der Waals surface area (Å²) in [6, 6.07) is 37.0. The molecule has 11 aromatic rings. The predicted octanol–water partition coefficient (Wildman–Crippen LogP) is 11.8. The zero-order valence-electron chi connectivity index (χ0n) is 32.7. The summed E-state index contributed by atoms with van der Waals surface area (Å²) in [4.78, 5) is 14.6. The lowest BCUT2D eigenvalue weighted by molar-refractivity contribution is 0.668. The molecule has 0 aliphatic heterocycles. The lowest BCUT2D eigenvalue weighted by atomic mass is 10.1. The van der Waals surface area contributed by atoms with E-state index in [1.807, 2.05) is 102 Å². The highest BCUT2D eigenvalue weighted by molar-refractivity contribution is 6.28. The number of rotatable bonds is 4. The smallest absolute Gasteiger partial charge is 0.164 e. The summed E-state index contributed by atoms with van der Waals surface area (Å²) in [5.74, 6) is 1.55. The molecule has 0 unspecified atom stereocenters. The van der Waals surface area contributed by atoms with Gasteiger partial charge in [-0.05, 0) is 48.4 Å². The van der Waals surface area contributed by atoms with Gasteiger partial charge in [-0.2, -0.15) is 0 Å². The number of furan rings is 2. The number of fused-ring (bicyclic) bond motifs is 10. The third-order valence-corrected chi connectivity index (χ3v) is 9.41. The zero-order chi connectivity index (χ0) is 38.7. The van der Waals surface area contributed by atoms with E-state index < -0.39 is 0 Å². The maximum absolute atomic E-state index is 9.40. The minimum Gasteiger partial charge on any atom is -0.456 e. The summed E-state index contributed by atoms with van der Waals surface area (Å²) in [6.07, 6.45) is 0. The average molecular weight is 661 g/mol. The van der Waals surface area contributed by atoms with E-state index in [1.54, 1.807) is 12.1 Å². The van der Waals surface area contributed by atoms with Gasteiger partial charge < -0.3 is 13.4 Å². The van der Waals surface area contributed by atoms with Crippen molar-refractivity contribution in [2.24, 2.45) is 0 Å². The van der Waals surface area contributed by atoms with Crippen molar-refractivity contribution in [3.63, 3.8) is 0 Å². The van der Waals surface area contributed by atoms with Gasteiger partial charge in [0.05, 0.1) is 30.3 Å². The number of hydrogen-bond acceptors (Lipinski definition) is 5. The van der Waals surface area contributed by atoms with Crippen LogP contribution in [-0.2, 0) is 0 Å². The molecule has 0 bridgehead atoms. The van der Waals surface area contributed by atoms with Gasteiger partial charge in [0.1, 0.15) is 22.3 Å². The molecule has 6 heteroatoms. The van der Waals surface area contributed by atoms with E-state index in [9.17, 15) is 2.74 Å². The first-order chi connectivity index (χ1) is 27.7. The van der Waals surface area contributed by atoms with Gasteiger partial charge in [-0.25, -0.2) is 15.0 Å². The Labute approximate surface area is 299 Å². The zero-order valence-corrected chi connectivity index (χ0v) is 26.7. The van der Waals surface area contributed by atoms with Crippen LogP contribution in [0, 0.1) is 0 Å². The van der Waals surface area contributed by atoms with E-state index in [2.05, 4.69) is 0 Å². The van der Waals surface area contributed by atoms with Crippen LogP contribution >= 0.6 is 0 Å². The monoisotopic (exact) mass is 660 g/mol. The summed E-state index contributed by atoms with van der Waals surface area (Å²) in [7, 11) is 0. The van der Waals surface area contributed by atoms with Crippen molar-refractivity contribution in [3.05, 3.63) is 158 Å². The third kappa shape index (κ3) is 4.20. The van der Waals surface area contributed by atoms with Crippen LogP contribution in [0.25, 0.3) is 106 Å². The van der Waals surface area contributed by atoms with Gasteiger partial charge in [0.2, 0.25) is 0 Å². The molecule has 0 fully saturated rings. The lowest BCUT2D eigenvalue weighted by Gasteiger charge is -2.10. The first-order valence-corrected chi connectivity index (χ1v) is 16.4. The highest BCUT2D eigenvalue weighted by Crippen LogP contribution is 2.43. The fourth-order valence-electron chi connectivity index (χ4n) is 7.16. The first-order valence-electron chi connectivity index (χ1n) is 19.4. The molecule has 4 aromatic heterocycles. The maximum Gasteiger partial charge on any atom is 0.164 e. The minimum atomic E-state index is -0.183. The second-order valence-corrected chi connectivity index (χ2v) is 12.3. The number of hydrogen-bond donors (Lipinski definition) is 0. The van der Waals surface area contributed by atoms with E-state index in [-0.39, 0.29) is 47.4 Å². The molecule has 4 heterocycles. The number of benzene rings is 7. The molecular formula is C45H26N4O2. The molecule has 0 atom stereocenters. The molecule has 0 aliphatic rings. The predicted molar refractivity (Wildman–Crippen MR) is 205 cm³/mol. The molecule has 0 saturated heterocycles. The quantitative estimate of drug-likeness (QED) is 0.188. The van der Waals surface area contributed by atoms with Crippen LogP contribution in [0.2, 0.25) is 0 Å². The van der Waals surface area contributed by atoms with Gasteiger partial charge in [0, 0.05) is 43.6 Å². The van der Waals surface area contributed by atoms with Crippen molar-refractivity contribution in [2.45, 2.75) is 0 Å². The highest BCUT2D eigenvalue weighted by atomic mass is 16.3. The summed E-state index contributed by atoms with van der Waals surface area (Å²) in [6.45, 7) is 0. The number of para-hydroxylation sites is 2. The largest absolute Gasteiger partial charge is 0.456 e. The van der Waals surface area contributed by atoms with Crippen molar-refractivity contribution in [3.8, 4) is 39.9 Å². The Morgan fingerprint density at radius 2 is 1.10 bits per heavy atom. The third-order valence-electron chi connectivity index (χ3n) is 9.41. The molecular weight excluding hydrogens is 629 g/mol. The molecule has 0 spiro atoms. The van der Waals surface area contributed by atoms with Crippen molar-refractivity contribution >= 4 is 65.7 Å². The van der Waals surface area contributed by atoms with E-state index in [4.69, 9.17) is 29.3 Å². The number of aromatic nitrogens is 4. The van der Waals surface area contributed by atoms with Gasteiger partial charge in [-0.15, -0.1) is 0 Å². The lowest BCUT2D eigenvalue weighted by Crippen LogP contribution is -2.00. The van der Waals surface area contributed by atoms with E-state index >= 15 is 0 Å². The van der Waals surface area contributed by atoms with E-state index in [0.717, 1.165) is 27.5 Å². The summed E-state index contributed by atoms with van der Waals surface area (Å²) in [5.41, 5.74) is 5.29. The number of nitrogens with zero attached hydrogens (tertiary/aromatic N) is 4. The van der Waals surface area contributed by atoms with Crippen LogP contribution in [0.4, 0.5) is 0 Å². The molecule has 6 nitrogen and oxygen atoms in total. The minimum absolute atomic E-state index is 0.00220. The van der Waals surface area contributed by atoms with Crippen LogP contribution in [0.5, 0.6) is 0 Å². The fourth-order valence-corrected chi connectivity index (χ4v) is 7.16. The molecule has 11 rings (SSSR count). The average Bonchev–Trinajstić information content (AvgIpc) is 3.90. The highest BCUT2D eigenvalue weighted by Gasteiger charge is 2.22. The van der Waals surface area contributed by atoms with E-state index in [1.165, 1.54) is 12.1 Å². The maximum atomic E-state index is 9.40. The van der Waals surface area contributed by atoms with Crippen LogP contribution in [0.15, 0.2) is 166 Å². The molecule has 7 aromatic carbocycles. The molecule has 0 N–H and O–H groups in total. The Morgan fingerprint density at radius 3 is 1.86 bits per heavy atom. The van der Waals surface area contributed by atoms with Crippen LogP contribution < -0.4 is 0 Å².